The number of benzene rings is 3. The Bertz CT molecular complexity index is 1050. The molecule has 1 heterocycles. The lowest BCUT2D eigenvalue weighted by atomic mass is 9.92. The van der Waals surface area contributed by atoms with E-state index in [4.69, 9.17) is 9.47 Å². The van der Waals surface area contributed by atoms with E-state index >= 15 is 0 Å². The fourth-order valence-corrected chi connectivity index (χ4v) is 3.38. The third-order valence-electron chi connectivity index (χ3n) is 4.93. The lowest BCUT2D eigenvalue weighted by Crippen LogP contribution is -2.09. The minimum atomic E-state index is 0.665. The van der Waals surface area contributed by atoms with Crippen molar-refractivity contribution in [2.24, 2.45) is 10.2 Å². The fourth-order valence-electron chi connectivity index (χ4n) is 3.38. The van der Waals surface area contributed by atoms with E-state index in [-0.39, 0.29) is 0 Å². The summed E-state index contributed by atoms with van der Waals surface area (Å²) in [6.07, 6.45) is 0.665. The third kappa shape index (κ3) is 3.41. The van der Waals surface area contributed by atoms with E-state index in [1.165, 1.54) is 5.56 Å². The zero-order valence-corrected chi connectivity index (χ0v) is 16.3. The van der Waals surface area contributed by atoms with Crippen molar-refractivity contribution in [3.05, 3.63) is 94.5 Å². The Hall–Kier alpha value is -3.40. The zero-order valence-electron chi connectivity index (χ0n) is 16.3. The highest BCUT2D eigenvalue weighted by Gasteiger charge is 2.21. The van der Waals surface area contributed by atoms with Crippen LogP contribution in [-0.4, -0.2) is 25.6 Å². The number of ether oxygens (including phenoxy) is 2. The van der Waals surface area contributed by atoms with Crippen LogP contribution >= 0.6 is 0 Å². The molecule has 1 aliphatic heterocycles. The fraction of sp³-hybridized carbons (Fsp3) is 0.167. The lowest BCUT2D eigenvalue weighted by molar-refractivity contribution is 0.354. The van der Waals surface area contributed by atoms with Crippen molar-refractivity contribution in [2.75, 3.05) is 14.2 Å². The van der Waals surface area contributed by atoms with Crippen LogP contribution in [0.15, 0.2) is 76.9 Å². The Morgan fingerprint density at radius 1 is 0.750 bits per heavy atom. The number of nitrogens with zero attached hydrogens (tertiary/aromatic N) is 2. The number of aryl methyl sites for hydroxylation is 1. The van der Waals surface area contributed by atoms with Gasteiger partial charge in [0, 0.05) is 17.5 Å². The summed E-state index contributed by atoms with van der Waals surface area (Å²) >= 11 is 0. The third-order valence-corrected chi connectivity index (χ3v) is 4.93. The topological polar surface area (TPSA) is 43.2 Å². The number of fused-ring (bicyclic) bond motifs is 1. The Labute approximate surface area is 165 Å². The van der Waals surface area contributed by atoms with Crippen LogP contribution in [0.25, 0.3) is 0 Å². The first kappa shape index (κ1) is 18.0. The highest BCUT2D eigenvalue weighted by molar-refractivity contribution is 6.16. The predicted molar refractivity (Wildman–Crippen MR) is 113 cm³/mol. The van der Waals surface area contributed by atoms with Crippen LogP contribution in [0.4, 0.5) is 0 Å². The van der Waals surface area contributed by atoms with Gasteiger partial charge in [-0.05, 0) is 30.2 Å². The molecule has 0 amide bonds. The van der Waals surface area contributed by atoms with E-state index in [1.54, 1.807) is 14.2 Å². The Morgan fingerprint density at radius 3 is 2.11 bits per heavy atom. The molecule has 0 unspecified atom stereocenters. The zero-order chi connectivity index (χ0) is 19.5. The van der Waals surface area contributed by atoms with Gasteiger partial charge < -0.3 is 9.47 Å². The summed E-state index contributed by atoms with van der Waals surface area (Å²) in [5, 5.41) is 9.28. The minimum Gasteiger partial charge on any atom is -0.493 e. The molecule has 4 rings (SSSR count). The van der Waals surface area contributed by atoms with Crippen molar-refractivity contribution in [1.29, 1.82) is 0 Å². The minimum absolute atomic E-state index is 0.665. The average molecular weight is 370 g/mol. The van der Waals surface area contributed by atoms with E-state index in [2.05, 4.69) is 41.4 Å². The molecule has 0 aliphatic carbocycles. The Kier molecular flexibility index (Phi) is 4.94. The van der Waals surface area contributed by atoms with Crippen LogP contribution in [0, 0.1) is 6.92 Å². The highest BCUT2D eigenvalue weighted by atomic mass is 16.5. The lowest BCUT2D eigenvalue weighted by Gasteiger charge is -2.15. The molecule has 0 radical (unpaired) electrons. The highest BCUT2D eigenvalue weighted by Crippen LogP contribution is 2.33. The van der Waals surface area contributed by atoms with Crippen LogP contribution in [0.2, 0.25) is 0 Å². The molecular formula is C24H22N2O2. The molecule has 140 valence electrons. The van der Waals surface area contributed by atoms with Crippen LogP contribution < -0.4 is 9.47 Å². The molecule has 0 bridgehead atoms. The summed E-state index contributed by atoms with van der Waals surface area (Å²) in [6.45, 7) is 2.08. The molecule has 0 N–H and O–H groups in total. The first-order valence-corrected chi connectivity index (χ1v) is 9.22. The standard InChI is InChI=1S/C24H22N2O2/c1-16-9-11-17(12-10-16)21-13-19-14-22(27-2)23(28-3)15-20(19)24(26-25-21)18-7-5-4-6-8-18/h4-12,14-15H,13H2,1-3H3. The maximum absolute atomic E-state index is 5.54. The molecule has 3 aromatic carbocycles. The van der Waals surface area contributed by atoms with E-state index in [1.807, 2.05) is 42.5 Å². The quantitative estimate of drug-likeness (QED) is 0.661. The normalized spacial score (nSPS) is 13.1. The van der Waals surface area contributed by atoms with Crippen LogP contribution in [0.3, 0.4) is 0 Å². The van der Waals surface area contributed by atoms with Gasteiger partial charge in [0.1, 0.15) is 5.71 Å². The Morgan fingerprint density at radius 2 is 1.43 bits per heavy atom. The summed E-state index contributed by atoms with van der Waals surface area (Å²) < 4.78 is 11.1. The first-order chi connectivity index (χ1) is 13.7. The number of methoxy groups -OCH3 is 2. The van der Waals surface area contributed by atoms with Crippen LogP contribution in [0.1, 0.15) is 27.8 Å². The predicted octanol–water partition coefficient (Wildman–Crippen LogP) is 4.81. The van der Waals surface area contributed by atoms with Crippen molar-refractivity contribution in [1.82, 2.24) is 0 Å². The molecule has 4 nitrogen and oxygen atoms in total. The van der Waals surface area contributed by atoms with Gasteiger partial charge in [-0.3, -0.25) is 0 Å². The molecule has 0 saturated heterocycles. The number of rotatable bonds is 4. The molecular weight excluding hydrogens is 348 g/mol. The molecule has 0 aromatic heterocycles. The molecule has 1 aliphatic rings. The average Bonchev–Trinajstić information content (AvgIpc) is 2.93. The smallest absolute Gasteiger partial charge is 0.161 e. The number of hydrogen-bond acceptors (Lipinski definition) is 4. The second-order valence-electron chi connectivity index (χ2n) is 6.77. The largest absolute Gasteiger partial charge is 0.493 e. The van der Waals surface area contributed by atoms with Gasteiger partial charge in [0.05, 0.1) is 19.9 Å². The summed E-state index contributed by atoms with van der Waals surface area (Å²) in [4.78, 5) is 0. The summed E-state index contributed by atoms with van der Waals surface area (Å²) in [5.74, 6) is 1.39. The summed E-state index contributed by atoms with van der Waals surface area (Å²) in [6, 6.07) is 22.5. The van der Waals surface area contributed by atoms with Crippen molar-refractivity contribution in [2.45, 2.75) is 13.3 Å². The first-order valence-electron chi connectivity index (χ1n) is 9.22. The second-order valence-corrected chi connectivity index (χ2v) is 6.77. The Balaban J connectivity index is 1.90. The van der Waals surface area contributed by atoms with Crippen LogP contribution in [-0.2, 0) is 6.42 Å². The van der Waals surface area contributed by atoms with E-state index < -0.39 is 0 Å². The molecule has 0 atom stereocenters. The van der Waals surface area contributed by atoms with Crippen LogP contribution in [0.5, 0.6) is 11.5 Å². The van der Waals surface area contributed by atoms with Crippen molar-refractivity contribution >= 4 is 11.4 Å². The second kappa shape index (κ2) is 7.69. The van der Waals surface area contributed by atoms with Crippen molar-refractivity contribution < 1.29 is 9.47 Å². The van der Waals surface area contributed by atoms with Gasteiger partial charge in [0.25, 0.3) is 0 Å². The van der Waals surface area contributed by atoms with Crippen molar-refractivity contribution in [3.63, 3.8) is 0 Å². The van der Waals surface area contributed by atoms with E-state index in [0.29, 0.717) is 17.9 Å². The van der Waals surface area contributed by atoms with Crippen molar-refractivity contribution in [3.8, 4) is 11.5 Å². The molecule has 3 aromatic rings. The molecule has 0 saturated carbocycles. The molecule has 28 heavy (non-hydrogen) atoms. The summed E-state index contributed by atoms with van der Waals surface area (Å²) in [5.41, 5.74) is 7.19. The SMILES string of the molecule is COc1cc2c(cc1OC)C(c1ccccc1)=NN=C(c1ccc(C)cc1)C2. The molecule has 0 fully saturated rings. The number of hydrogen-bond donors (Lipinski definition) is 0. The van der Waals surface area contributed by atoms with Gasteiger partial charge >= 0.3 is 0 Å². The van der Waals surface area contributed by atoms with Gasteiger partial charge in [-0.2, -0.15) is 5.10 Å². The van der Waals surface area contributed by atoms with E-state index in [0.717, 1.165) is 33.7 Å². The summed E-state index contributed by atoms with van der Waals surface area (Å²) in [7, 11) is 3.30. The van der Waals surface area contributed by atoms with Gasteiger partial charge in [-0.1, -0.05) is 60.2 Å². The van der Waals surface area contributed by atoms with Gasteiger partial charge in [0.15, 0.2) is 11.5 Å². The van der Waals surface area contributed by atoms with Gasteiger partial charge in [-0.25, -0.2) is 0 Å². The maximum Gasteiger partial charge on any atom is 0.161 e. The monoisotopic (exact) mass is 370 g/mol. The van der Waals surface area contributed by atoms with Gasteiger partial charge in [0.2, 0.25) is 0 Å². The maximum atomic E-state index is 5.54. The van der Waals surface area contributed by atoms with Gasteiger partial charge in [-0.15, -0.1) is 5.10 Å². The molecule has 0 spiro atoms. The van der Waals surface area contributed by atoms with E-state index in [9.17, 15) is 0 Å². The molecule has 4 heteroatoms.